The van der Waals surface area contributed by atoms with Gasteiger partial charge in [0.2, 0.25) is 0 Å². The molecule has 0 saturated carbocycles. The second-order valence-electron chi connectivity index (χ2n) is 2.99. The van der Waals surface area contributed by atoms with Gasteiger partial charge in [0.25, 0.3) is 0 Å². The van der Waals surface area contributed by atoms with Crippen LogP contribution in [0, 0.1) is 0 Å². The molecule has 0 aliphatic carbocycles. The van der Waals surface area contributed by atoms with Crippen LogP contribution in [-0.2, 0) is 14.3 Å². The Morgan fingerprint density at radius 2 is 1.94 bits per heavy atom. The molecular weight excluding hydrogens is 208 g/mol. The smallest absolute Gasteiger partial charge is 0.330 e. The average molecular weight is 220 g/mol. The molecule has 0 fully saturated rings. The van der Waals surface area contributed by atoms with Gasteiger partial charge in [-0.15, -0.1) is 0 Å². The Hall–Kier alpha value is -2.10. The summed E-state index contributed by atoms with van der Waals surface area (Å²) < 4.78 is 9.43. The number of esters is 2. The maximum Gasteiger partial charge on any atom is 0.330 e. The van der Waals surface area contributed by atoms with Crippen molar-refractivity contribution in [1.82, 2.24) is 0 Å². The van der Waals surface area contributed by atoms with Gasteiger partial charge in [-0.1, -0.05) is 18.2 Å². The maximum absolute atomic E-state index is 10.9. The number of hydrogen-bond acceptors (Lipinski definition) is 4. The van der Waals surface area contributed by atoms with Crippen molar-refractivity contribution in [2.45, 2.75) is 6.92 Å². The zero-order valence-electron chi connectivity index (χ0n) is 9.10. The minimum atomic E-state index is -0.461. The van der Waals surface area contributed by atoms with Crippen molar-refractivity contribution >= 4 is 18.0 Å². The molecule has 1 aromatic rings. The number of benzene rings is 1. The summed E-state index contributed by atoms with van der Waals surface area (Å²) in [5.74, 6) is -0.452. The van der Waals surface area contributed by atoms with E-state index in [-0.39, 0.29) is 0 Å². The third kappa shape index (κ3) is 3.57. The first-order valence-corrected chi connectivity index (χ1v) is 4.67. The lowest BCUT2D eigenvalue weighted by Crippen LogP contribution is -2.02. The maximum atomic E-state index is 10.9. The Morgan fingerprint density at radius 1 is 1.25 bits per heavy atom. The Bertz CT molecular complexity index is 421. The van der Waals surface area contributed by atoms with Crippen LogP contribution in [0.3, 0.4) is 0 Å². The first kappa shape index (κ1) is 12.0. The second-order valence-corrected chi connectivity index (χ2v) is 2.99. The van der Waals surface area contributed by atoms with Crippen molar-refractivity contribution < 1.29 is 19.1 Å². The summed E-state index contributed by atoms with van der Waals surface area (Å²) in [6.07, 6.45) is 2.80. The van der Waals surface area contributed by atoms with E-state index in [9.17, 15) is 9.59 Å². The van der Waals surface area contributed by atoms with Crippen molar-refractivity contribution in [3.8, 4) is 5.75 Å². The number of carbonyl (C=O) groups excluding carboxylic acids is 2. The standard InChI is InChI=1S/C12H12O4/c1-9(13)16-11-6-4-3-5-10(11)7-8-12(14)15-2/h3-8H,1-2H3. The van der Waals surface area contributed by atoms with Gasteiger partial charge in [0, 0.05) is 18.6 Å². The zero-order chi connectivity index (χ0) is 12.0. The summed E-state index contributed by atoms with van der Waals surface area (Å²) >= 11 is 0. The molecular formula is C12H12O4. The summed E-state index contributed by atoms with van der Waals surface area (Å²) in [7, 11) is 1.30. The van der Waals surface area contributed by atoms with Crippen molar-refractivity contribution in [3.05, 3.63) is 35.9 Å². The van der Waals surface area contributed by atoms with E-state index < -0.39 is 11.9 Å². The lowest BCUT2D eigenvalue weighted by Gasteiger charge is -2.04. The molecule has 0 N–H and O–H groups in total. The van der Waals surface area contributed by atoms with Crippen molar-refractivity contribution in [3.63, 3.8) is 0 Å². The van der Waals surface area contributed by atoms with Crippen LogP contribution in [0.15, 0.2) is 30.3 Å². The predicted molar refractivity (Wildman–Crippen MR) is 58.8 cm³/mol. The molecule has 1 rings (SSSR count). The molecule has 0 radical (unpaired) electrons. The lowest BCUT2D eigenvalue weighted by molar-refractivity contribution is -0.135. The minimum absolute atomic E-state index is 0.404. The molecule has 0 bridgehead atoms. The molecule has 16 heavy (non-hydrogen) atoms. The largest absolute Gasteiger partial charge is 0.466 e. The van der Waals surface area contributed by atoms with E-state index in [4.69, 9.17) is 4.74 Å². The van der Waals surface area contributed by atoms with E-state index in [2.05, 4.69) is 4.74 Å². The summed E-state index contributed by atoms with van der Waals surface area (Å²) in [5.41, 5.74) is 0.642. The third-order valence-corrected chi connectivity index (χ3v) is 1.77. The third-order valence-electron chi connectivity index (χ3n) is 1.77. The summed E-state index contributed by atoms with van der Waals surface area (Å²) in [5, 5.41) is 0. The number of rotatable bonds is 3. The molecule has 0 amide bonds. The van der Waals surface area contributed by atoms with Gasteiger partial charge in [0.05, 0.1) is 7.11 Å². The van der Waals surface area contributed by atoms with E-state index in [0.717, 1.165) is 0 Å². The molecule has 4 heteroatoms. The number of carbonyl (C=O) groups is 2. The van der Waals surface area contributed by atoms with E-state index >= 15 is 0 Å². The van der Waals surface area contributed by atoms with Gasteiger partial charge in [0.1, 0.15) is 5.75 Å². The van der Waals surface area contributed by atoms with E-state index in [1.165, 1.54) is 26.2 Å². The Kier molecular flexibility index (Phi) is 4.27. The topological polar surface area (TPSA) is 52.6 Å². The second kappa shape index (κ2) is 5.70. The van der Waals surface area contributed by atoms with Crippen molar-refractivity contribution in [2.75, 3.05) is 7.11 Å². The van der Waals surface area contributed by atoms with Gasteiger partial charge in [0.15, 0.2) is 0 Å². The highest BCUT2D eigenvalue weighted by molar-refractivity contribution is 5.87. The highest BCUT2D eigenvalue weighted by atomic mass is 16.5. The molecule has 4 nitrogen and oxygen atoms in total. The minimum Gasteiger partial charge on any atom is -0.466 e. The number of ether oxygens (including phenoxy) is 2. The fourth-order valence-corrected chi connectivity index (χ4v) is 1.09. The summed E-state index contributed by atoms with van der Waals surface area (Å²) in [6, 6.07) is 6.91. The lowest BCUT2D eigenvalue weighted by atomic mass is 10.2. The first-order chi connectivity index (χ1) is 7.63. The summed E-state index contributed by atoms with van der Waals surface area (Å²) in [4.78, 5) is 21.7. The van der Waals surface area contributed by atoms with Crippen molar-refractivity contribution in [1.29, 1.82) is 0 Å². The SMILES string of the molecule is COC(=O)C=Cc1ccccc1OC(C)=O. The molecule has 0 aliphatic rings. The van der Waals surface area contributed by atoms with Crippen LogP contribution in [0.25, 0.3) is 6.08 Å². The van der Waals surface area contributed by atoms with E-state index in [1.807, 2.05) is 0 Å². The van der Waals surface area contributed by atoms with Crippen LogP contribution in [0.4, 0.5) is 0 Å². The fourth-order valence-electron chi connectivity index (χ4n) is 1.09. The Balaban J connectivity index is 2.90. The van der Waals surface area contributed by atoms with Crippen LogP contribution in [-0.4, -0.2) is 19.0 Å². The van der Waals surface area contributed by atoms with Gasteiger partial charge in [-0.05, 0) is 12.1 Å². The molecule has 0 aromatic heterocycles. The highest BCUT2D eigenvalue weighted by Crippen LogP contribution is 2.19. The van der Waals surface area contributed by atoms with Gasteiger partial charge < -0.3 is 9.47 Å². The molecule has 1 aromatic carbocycles. The fraction of sp³-hybridized carbons (Fsp3) is 0.167. The molecule has 0 saturated heterocycles. The predicted octanol–water partition coefficient (Wildman–Crippen LogP) is 1.80. The van der Waals surface area contributed by atoms with Crippen LogP contribution >= 0.6 is 0 Å². The molecule has 0 heterocycles. The first-order valence-electron chi connectivity index (χ1n) is 4.67. The Labute approximate surface area is 93.5 Å². The summed E-state index contributed by atoms with van der Waals surface area (Å²) in [6.45, 7) is 1.32. The molecule has 84 valence electrons. The molecule has 0 atom stereocenters. The van der Waals surface area contributed by atoms with Crippen LogP contribution in [0.1, 0.15) is 12.5 Å². The monoisotopic (exact) mass is 220 g/mol. The number of hydrogen-bond donors (Lipinski definition) is 0. The Morgan fingerprint density at radius 3 is 2.56 bits per heavy atom. The molecule has 0 aliphatic heterocycles. The highest BCUT2D eigenvalue weighted by Gasteiger charge is 2.02. The van der Waals surface area contributed by atoms with E-state index in [1.54, 1.807) is 24.3 Å². The van der Waals surface area contributed by atoms with Gasteiger partial charge in [-0.3, -0.25) is 4.79 Å². The van der Waals surface area contributed by atoms with Gasteiger partial charge >= 0.3 is 11.9 Å². The van der Waals surface area contributed by atoms with E-state index in [0.29, 0.717) is 11.3 Å². The van der Waals surface area contributed by atoms with Crippen LogP contribution in [0.2, 0.25) is 0 Å². The van der Waals surface area contributed by atoms with Crippen LogP contribution in [0.5, 0.6) is 5.75 Å². The average Bonchev–Trinajstić information content (AvgIpc) is 2.26. The number of para-hydroxylation sites is 1. The zero-order valence-corrected chi connectivity index (χ0v) is 9.10. The van der Waals surface area contributed by atoms with Gasteiger partial charge in [-0.25, -0.2) is 4.79 Å². The number of methoxy groups -OCH3 is 1. The van der Waals surface area contributed by atoms with Gasteiger partial charge in [-0.2, -0.15) is 0 Å². The van der Waals surface area contributed by atoms with Crippen LogP contribution < -0.4 is 4.74 Å². The van der Waals surface area contributed by atoms with Crippen molar-refractivity contribution in [2.24, 2.45) is 0 Å². The quantitative estimate of drug-likeness (QED) is 0.443. The molecule has 0 spiro atoms. The molecule has 0 unspecified atom stereocenters. The normalized spacial score (nSPS) is 10.1.